The molecular weight excluding hydrogens is 148 g/mol. The van der Waals surface area contributed by atoms with E-state index in [2.05, 4.69) is 34.6 Å². The normalized spacial score (nSPS) is 14.2. The van der Waals surface area contributed by atoms with Gasteiger partial charge in [0.1, 0.15) is 0 Å². The fourth-order valence-electron chi connectivity index (χ4n) is 1.06. The number of hydrogen-bond acceptors (Lipinski definition) is 1. The Morgan fingerprint density at radius 3 is 1.92 bits per heavy atom. The van der Waals surface area contributed by atoms with Crippen molar-refractivity contribution in [2.75, 3.05) is 6.61 Å². The molecule has 0 bridgehead atoms. The van der Waals surface area contributed by atoms with Crippen molar-refractivity contribution in [3.63, 3.8) is 0 Å². The van der Waals surface area contributed by atoms with Crippen LogP contribution in [0.15, 0.2) is 0 Å². The second kappa shape index (κ2) is 6.47. The molecule has 12 heavy (non-hydrogen) atoms. The van der Waals surface area contributed by atoms with Crippen molar-refractivity contribution in [1.29, 1.82) is 0 Å². The average molecular weight is 172 g/mol. The first-order valence-corrected chi connectivity index (χ1v) is 5.14. The second-order valence-electron chi connectivity index (χ2n) is 4.46. The molecule has 0 fully saturated rings. The van der Waals surface area contributed by atoms with Gasteiger partial charge in [0, 0.05) is 6.61 Å². The van der Waals surface area contributed by atoms with Gasteiger partial charge in [0.05, 0.1) is 6.10 Å². The van der Waals surface area contributed by atoms with Gasteiger partial charge < -0.3 is 4.74 Å². The van der Waals surface area contributed by atoms with Gasteiger partial charge in [0.15, 0.2) is 0 Å². The van der Waals surface area contributed by atoms with Crippen LogP contribution >= 0.6 is 0 Å². The first-order valence-electron chi connectivity index (χ1n) is 5.14. The smallest absolute Gasteiger partial charge is 0.0519 e. The molecule has 0 rings (SSSR count). The van der Waals surface area contributed by atoms with Crippen LogP contribution in [0.5, 0.6) is 0 Å². The summed E-state index contributed by atoms with van der Waals surface area (Å²) in [7, 11) is 0. The van der Waals surface area contributed by atoms with Gasteiger partial charge in [-0.3, -0.25) is 0 Å². The van der Waals surface area contributed by atoms with E-state index in [4.69, 9.17) is 4.74 Å². The highest BCUT2D eigenvalue weighted by atomic mass is 16.5. The van der Waals surface area contributed by atoms with E-state index in [1.165, 1.54) is 12.8 Å². The summed E-state index contributed by atoms with van der Waals surface area (Å²) in [5.41, 5.74) is 0. The molecule has 0 amide bonds. The van der Waals surface area contributed by atoms with E-state index in [1.807, 2.05) is 0 Å². The molecule has 0 radical (unpaired) electrons. The van der Waals surface area contributed by atoms with Crippen molar-refractivity contribution in [1.82, 2.24) is 0 Å². The highest BCUT2D eigenvalue weighted by molar-refractivity contribution is 4.54. The summed E-state index contributed by atoms with van der Waals surface area (Å²) in [5, 5.41) is 0. The Labute approximate surface area is 77.5 Å². The van der Waals surface area contributed by atoms with Crippen LogP contribution in [0.1, 0.15) is 47.5 Å². The molecule has 0 aromatic carbocycles. The van der Waals surface area contributed by atoms with Gasteiger partial charge in [0.2, 0.25) is 0 Å². The summed E-state index contributed by atoms with van der Waals surface area (Å²) in [6.45, 7) is 11.9. The summed E-state index contributed by atoms with van der Waals surface area (Å²) in [6.07, 6.45) is 3.00. The Kier molecular flexibility index (Phi) is 6.45. The molecule has 0 aliphatic rings. The average Bonchev–Trinajstić information content (AvgIpc) is 1.96. The van der Waals surface area contributed by atoms with Gasteiger partial charge >= 0.3 is 0 Å². The molecule has 74 valence electrons. The van der Waals surface area contributed by atoms with E-state index in [9.17, 15) is 0 Å². The predicted molar refractivity (Wildman–Crippen MR) is 54.3 cm³/mol. The van der Waals surface area contributed by atoms with E-state index in [1.54, 1.807) is 0 Å². The third kappa shape index (κ3) is 8.06. The minimum Gasteiger partial charge on any atom is -0.379 e. The third-order valence-corrected chi connectivity index (χ3v) is 1.95. The van der Waals surface area contributed by atoms with Crippen molar-refractivity contribution >= 4 is 0 Å². The van der Waals surface area contributed by atoms with Gasteiger partial charge in [-0.1, -0.05) is 27.2 Å². The fraction of sp³-hybridized carbons (Fsp3) is 1.00. The van der Waals surface area contributed by atoms with Crippen molar-refractivity contribution < 1.29 is 4.74 Å². The molecule has 0 N–H and O–H groups in total. The number of ether oxygens (including phenoxy) is 1. The molecule has 0 heterocycles. The molecule has 0 spiro atoms. The van der Waals surface area contributed by atoms with Crippen LogP contribution in [0.2, 0.25) is 0 Å². The van der Waals surface area contributed by atoms with Crippen LogP contribution in [-0.4, -0.2) is 12.7 Å². The van der Waals surface area contributed by atoms with E-state index in [0.717, 1.165) is 18.4 Å². The van der Waals surface area contributed by atoms with Gasteiger partial charge in [-0.15, -0.1) is 0 Å². The zero-order chi connectivity index (χ0) is 9.56. The second-order valence-corrected chi connectivity index (χ2v) is 4.46. The van der Waals surface area contributed by atoms with Crippen molar-refractivity contribution in [3.05, 3.63) is 0 Å². The summed E-state index contributed by atoms with van der Waals surface area (Å²) in [4.78, 5) is 0. The Morgan fingerprint density at radius 1 is 0.917 bits per heavy atom. The molecule has 0 aromatic heterocycles. The lowest BCUT2D eigenvalue weighted by Gasteiger charge is -2.14. The van der Waals surface area contributed by atoms with Gasteiger partial charge in [-0.2, -0.15) is 0 Å². The van der Waals surface area contributed by atoms with Crippen LogP contribution in [-0.2, 0) is 4.74 Å². The molecule has 0 unspecified atom stereocenters. The Bertz CT molecular complexity index is 85.2. The molecule has 0 saturated heterocycles. The standard InChI is InChI=1S/C11H24O/c1-9(2)6-7-11(5)8-12-10(3)4/h9-11H,6-8H2,1-5H3/t11-/m0/s1. The van der Waals surface area contributed by atoms with Gasteiger partial charge in [0.25, 0.3) is 0 Å². The maximum absolute atomic E-state index is 5.54. The van der Waals surface area contributed by atoms with Crippen LogP contribution in [0.4, 0.5) is 0 Å². The van der Waals surface area contributed by atoms with Crippen LogP contribution in [0.25, 0.3) is 0 Å². The van der Waals surface area contributed by atoms with E-state index in [-0.39, 0.29) is 0 Å². The minimum atomic E-state index is 0.381. The first kappa shape index (κ1) is 12.0. The topological polar surface area (TPSA) is 9.23 Å². The van der Waals surface area contributed by atoms with Gasteiger partial charge in [-0.05, 0) is 32.1 Å². The van der Waals surface area contributed by atoms with Crippen LogP contribution in [0.3, 0.4) is 0 Å². The number of hydrogen-bond donors (Lipinski definition) is 0. The molecule has 0 aromatic rings. The summed E-state index contributed by atoms with van der Waals surface area (Å²) in [6, 6.07) is 0. The van der Waals surface area contributed by atoms with E-state index in [0.29, 0.717) is 6.10 Å². The largest absolute Gasteiger partial charge is 0.379 e. The molecule has 1 atom stereocenters. The Balaban J connectivity index is 3.27. The SMILES string of the molecule is CC(C)CC[C@H](C)COC(C)C. The lowest BCUT2D eigenvalue weighted by Crippen LogP contribution is -2.11. The van der Waals surface area contributed by atoms with Crippen molar-refractivity contribution in [2.24, 2.45) is 11.8 Å². The summed E-state index contributed by atoms with van der Waals surface area (Å²) >= 11 is 0. The van der Waals surface area contributed by atoms with Crippen molar-refractivity contribution in [2.45, 2.75) is 53.6 Å². The zero-order valence-electron chi connectivity index (χ0n) is 9.26. The number of rotatable bonds is 6. The van der Waals surface area contributed by atoms with E-state index < -0.39 is 0 Å². The monoisotopic (exact) mass is 172 g/mol. The minimum absolute atomic E-state index is 0.381. The summed E-state index contributed by atoms with van der Waals surface area (Å²) < 4.78 is 5.54. The summed E-state index contributed by atoms with van der Waals surface area (Å²) in [5.74, 6) is 1.54. The highest BCUT2D eigenvalue weighted by Crippen LogP contribution is 2.12. The molecule has 0 aliphatic carbocycles. The van der Waals surface area contributed by atoms with Crippen molar-refractivity contribution in [3.8, 4) is 0 Å². The fourth-order valence-corrected chi connectivity index (χ4v) is 1.06. The molecular formula is C11H24O. The predicted octanol–water partition coefficient (Wildman–Crippen LogP) is 3.48. The molecule has 1 heteroatoms. The van der Waals surface area contributed by atoms with Crippen LogP contribution in [0, 0.1) is 11.8 Å². The molecule has 0 aliphatic heterocycles. The molecule has 0 saturated carbocycles. The maximum atomic E-state index is 5.54. The lowest BCUT2D eigenvalue weighted by atomic mass is 10.0. The Morgan fingerprint density at radius 2 is 1.50 bits per heavy atom. The van der Waals surface area contributed by atoms with Crippen LogP contribution < -0.4 is 0 Å². The Hall–Kier alpha value is -0.0400. The van der Waals surface area contributed by atoms with Gasteiger partial charge in [-0.25, -0.2) is 0 Å². The highest BCUT2D eigenvalue weighted by Gasteiger charge is 2.04. The first-order chi connectivity index (χ1) is 5.52. The lowest BCUT2D eigenvalue weighted by molar-refractivity contribution is 0.0521. The quantitative estimate of drug-likeness (QED) is 0.596. The maximum Gasteiger partial charge on any atom is 0.0519 e. The zero-order valence-corrected chi connectivity index (χ0v) is 9.26. The third-order valence-electron chi connectivity index (χ3n) is 1.95. The van der Waals surface area contributed by atoms with E-state index >= 15 is 0 Å². The molecule has 1 nitrogen and oxygen atoms in total.